The van der Waals surface area contributed by atoms with Crippen molar-refractivity contribution in [3.63, 3.8) is 0 Å². The fourth-order valence-electron chi connectivity index (χ4n) is 3.52. The highest BCUT2D eigenvalue weighted by Crippen LogP contribution is 2.27. The number of ether oxygens (including phenoxy) is 1. The molecule has 8 heteroatoms. The summed E-state index contributed by atoms with van der Waals surface area (Å²) in [7, 11) is -2.22. The van der Waals surface area contributed by atoms with Crippen LogP contribution in [0, 0.1) is 11.7 Å². The molecule has 0 unspecified atom stereocenters. The second-order valence-corrected chi connectivity index (χ2v) is 9.68. The largest absolute Gasteiger partial charge is 0.494 e. The summed E-state index contributed by atoms with van der Waals surface area (Å²) >= 11 is 0. The minimum Gasteiger partial charge on any atom is -0.494 e. The maximum absolute atomic E-state index is 13.8. The van der Waals surface area contributed by atoms with Crippen LogP contribution in [0.15, 0.2) is 47.4 Å². The summed E-state index contributed by atoms with van der Waals surface area (Å²) in [6.45, 7) is 4.64. The Morgan fingerprint density at radius 3 is 2.30 bits per heavy atom. The SMILES string of the molecule is COc1ccc(NC(=O)C2CCN(S(=O)(=O)c3ccc(C(C)C)cc3)CC2)cc1F. The van der Waals surface area contributed by atoms with Crippen LogP contribution in [0.2, 0.25) is 0 Å². The Labute approximate surface area is 177 Å². The first-order valence-electron chi connectivity index (χ1n) is 9.97. The third kappa shape index (κ3) is 4.82. The number of rotatable bonds is 6. The van der Waals surface area contributed by atoms with Gasteiger partial charge in [0.2, 0.25) is 15.9 Å². The lowest BCUT2D eigenvalue weighted by Gasteiger charge is -2.30. The lowest BCUT2D eigenvalue weighted by Crippen LogP contribution is -2.41. The number of carbonyl (C=O) groups is 1. The topological polar surface area (TPSA) is 75.7 Å². The van der Waals surface area contributed by atoms with Gasteiger partial charge in [-0.2, -0.15) is 4.31 Å². The summed E-state index contributed by atoms with van der Waals surface area (Å²) < 4.78 is 45.9. The molecule has 1 aliphatic heterocycles. The lowest BCUT2D eigenvalue weighted by molar-refractivity contribution is -0.120. The molecular weight excluding hydrogens is 407 g/mol. The molecule has 2 aromatic rings. The molecule has 0 atom stereocenters. The molecule has 6 nitrogen and oxygen atoms in total. The molecule has 1 aliphatic rings. The first-order valence-corrected chi connectivity index (χ1v) is 11.4. The van der Waals surface area contributed by atoms with E-state index in [0.29, 0.717) is 24.4 Å². The average molecular weight is 435 g/mol. The van der Waals surface area contributed by atoms with Crippen molar-refractivity contribution < 1.29 is 22.3 Å². The number of carbonyl (C=O) groups excluding carboxylic acids is 1. The Hall–Kier alpha value is -2.45. The summed E-state index contributed by atoms with van der Waals surface area (Å²) in [5.74, 6) is -0.689. The molecule has 0 bridgehead atoms. The number of benzene rings is 2. The van der Waals surface area contributed by atoms with Crippen LogP contribution >= 0.6 is 0 Å². The van der Waals surface area contributed by atoms with Gasteiger partial charge in [-0.05, 0) is 48.6 Å². The smallest absolute Gasteiger partial charge is 0.243 e. The molecule has 0 aliphatic carbocycles. The summed E-state index contributed by atoms with van der Waals surface area (Å²) in [5, 5.41) is 2.70. The predicted molar refractivity (Wildman–Crippen MR) is 114 cm³/mol. The van der Waals surface area contributed by atoms with Gasteiger partial charge in [-0.1, -0.05) is 26.0 Å². The number of hydrogen-bond acceptors (Lipinski definition) is 4. The van der Waals surface area contributed by atoms with E-state index >= 15 is 0 Å². The molecule has 0 aromatic heterocycles. The minimum absolute atomic E-state index is 0.105. The summed E-state index contributed by atoms with van der Waals surface area (Å²) in [5.41, 5.74) is 1.43. The number of amides is 1. The average Bonchev–Trinajstić information content (AvgIpc) is 2.74. The lowest BCUT2D eigenvalue weighted by atomic mass is 9.97. The number of anilines is 1. The van der Waals surface area contributed by atoms with E-state index in [9.17, 15) is 17.6 Å². The summed E-state index contributed by atoms with van der Waals surface area (Å²) in [6.07, 6.45) is 0.821. The quantitative estimate of drug-likeness (QED) is 0.746. The van der Waals surface area contributed by atoms with Crippen molar-refractivity contribution in [2.75, 3.05) is 25.5 Å². The molecule has 0 radical (unpaired) electrons. The van der Waals surface area contributed by atoms with Crippen LogP contribution in [0.3, 0.4) is 0 Å². The molecule has 2 aromatic carbocycles. The molecular formula is C22H27FN2O4S. The second-order valence-electron chi connectivity index (χ2n) is 7.74. The monoisotopic (exact) mass is 434 g/mol. The molecule has 1 heterocycles. The third-order valence-electron chi connectivity index (χ3n) is 5.43. The van der Waals surface area contributed by atoms with Gasteiger partial charge < -0.3 is 10.1 Å². The molecule has 0 spiro atoms. The van der Waals surface area contributed by atoms with Crippen molar-refractivity contribution in [2.24, 2.45) is 5.92 Å². The highest BCUT2D eigenvalue weighted by molar-refractivity contribution is 7.89. The molecule has 0 saturated carbocycles. The van der Waals surface area contributed by atoms with E-state index in [0.717, 1.165) is 5.56 Å². The zero-order valence-corrected chi connectivity index (χ0v) is 18.2. The second kappa shape index (κ2) is 9.14. The maximum Gasteiger partial charge on any atom is 0.243 e. The zero-order valence-electron chi connectivity index (χ0n) is 17.4. The van der Waals surface area contributed by atoms with Gasteiger partial charge in [0.25, 0.3) is 0 Å². The van der Waals surface area contributed by atoms with Gasteiger partial charge in [-0.15, -0.1) is 0 Å². The van der Waals surface area contributed by atoms with Crippen molar-refractivity contribution in [1.29, 1.82) is 0 Å². The molecule has 1 amide bonds. The highest BCUT2D eigenvalue weighted by Gasteiger charge is 2.32. The Bertz CT molecular complexity index is 998. The number of nitrogens with one attached hydrogen (secondary N) is 1. The Morgan fingerprint density at radius 1 is 1.13 bits per heavy atom. The number of piperidine rings is 1. The van der Waals surface area contributed by atoms with E-state index in [4.69, 9.17) is 4.74 Å². The van der Waals surface area contributed by atoms with Crippen molar-refractivity contribution in [3.8, 4) is 5.75 Å². The minimum atomic E-state index is -3.59. The first-order chi connectivity index (χ1) is 14.2. The normalized spacial score (nSPS) is 15.9. The van der Waals surface area contributed by atoms with E-state index in [2.05, 4.69) is 19.2 Å². The number of hydrogen-bond donors (Lipinski definition) is 1. The maximum atomic E-state index is 13.8. The van der Waals surface area contributed by atoms with E-state index in [1.807, 2.05) is 12.1 Å². The summed E-state index contributed by atoms with van der Waals surface area (Å²) in [4.78, 5) is 12.8. The van der Waals surface area contributed by atoms with Gasteiger partial charge in [-0.3, -0.25) is 4.79 Å². The highest BCUT2D eigenvalue weighted by atomic mass is 32.2. The number of halogens is 1. The van der Waals surface area contributed by atoms with Crippen LogP contribution in [0.4, 0.5) is 10.1 Å². The molecule has 30 heavy (non-hydrogen) atoms. The Morgan fingerprint density at radius 2 is 1.77 bits per heavy atom. The molecule has 162 valence electrons. The third-order valence-corrected chi connectivity index (χ3v) is 7.34. The van der Waals surface area contributed by atoms with Gasteiger partial charge >= 0.3 is 0 Å². The van der Waals surface area contributed by atoms with Crippen molar-refractivity contribution >= 4 is 21.6 Å². The van der Waals surface area contributed by atoms with Crippen molar-refractivity contribution in [1.82, 2.24) is 4.31 Å². The van der Waals surface area contributed by atoms with Gasteiger partial charge in [0, 0.05) is 30.8 Å². The number of methoxy groups -OCH3 is 1. The van der Waals surface area contributed by atoms with E-state index in [1.54, 1.807) is 18.2 Å². The van der Waals surface area contributed by atoms with E-state index in [1.165, 1.54) is 23.5 Å². The summed E-state index contributed by atoms with van der Waals surface area (Å²) in [6, 6.07) is 11.2. The molecule has 1 saturated heterocycles. The van der Waals surface area contributed by atoms with Crippen LogP contribution in [0.5, 0.6) is 5.75 Å². The van der Waals surface area contributed by atoms with Crippen molar-refractivity contribution in [2.45, 2.75) is 37.5 Å². The van der Waals surface area contributed by atoms with Gasteiger partial charge in [-0.25, -0.2) is 12.8 Å². The van der Waals surface area contributed by atoms with E-state index in [-0.39, 0.29) is 35.6 Å². The zero-order chi connectivity index (χ0) is 21.9. The van der Waals surface area contributed by atoms with Gasteiger partial charge in [0.05, 0.1) is 12.0 Å². The Kier molecular flexibility index (Phi) is 6.77. The first kappa shape index (κ1) is 22.2. The fourth-order valence-corrected chi connectivity index (χ4v) is 4.99. The van der Waals surface area contributed by atoms with Crippen LogP contribution in [0.1, 0.15) is 38.2 Å². The van der Waals surface area contributed by atoms with Crippen LogP contribution < -0.4 is 10.1 Å². The number of nitrogens with zero attached hydrogens (tertiary/aromatic N) is 1. The standard InChI is InChI=1S/C22H27FN2O4S/c1-15(2)16-4-7-19(8-5-16)30(27,28)25-12-10-17(11-13-25)22(26)24-18-6-9-21(29-3)20(23)14-18/h4-9,14-15,17H,10-13H2,1-3H3,(H,24,26). The van der Waals surface area contributed by atoms with E-state index < -0.39 is 15.8 Å². The fraction of sp³-hybridized carbons (Fsp3) is 0.409. The van der Waals surface area contributed by atoms with Crippen LogP contribution in [-0.4, -0.2) is 38.8 Å². The molecule has 3 rings (SSSR count). The van der Waals surface area contributed by atoms with Crippen LogP contribution in [-0.2, 0) is 14.8 Å². The van der Waals surface area contributed by atoms with Gasteiger partial charge in [0.15, 0.2) is 11.6 Å². The van der Waals surface area contributed by atoms with Crippen molar-refractivity contribution in [3.05, 3.63) is 53.8 Å². The molecule has 1 N–H and O–H groups in total. The number of sulfonamides is 1. The van der Waals surface area contributed by atoms with Crippen LogP contribution in [0.25, 0.3) is 0 Å². The predicted octanol–water partition coefficient (Wildman–Crippen LogP) is 4.00. The Balaban J connectivity index is 1.60. The van der Waals surface area contributed by atoms with Gasteiger partial charge in [0.1, 0.15) is 0 Å². The molecule has 1 fully saturated rings.